The highest BCUT2D eigenvalue weighted by Gasteiger charge is 2.36. The Labute approximate surface area is 217 Å². The molecule has 204 valence electrons. The molecule has 2 heterocycles. The number of para-hydroxylation sites is 1. The lowest BCUT2D eigenvalue weighted by molar-refractivity contribution is -0.125. The monoisotopic (exact) mass is 531 g/mol. The van der Waals surface area contributed by atoms with Crippen molar-refractivity contribution in [3.63, 3.8) is 0 Å². The summed E-state index contributed by atoms with van der Waals surface area (Å²) in [7, 11) is 0. The number of benzene rings is 1. The molecule has 3 amide bonds. The maximum absolute atomic E-state index is 13.6. The Balaban J connectivity index is 1.50. The van der Waals surface area contributed by atoms with E-state index >= 15 is 0 Å². The molecule has 0 saturated heterocycles. The van der Waals surface area contributed by atoms with Crippen LogP contribution in [0.2, 0.25) is 0 Å². The average molecular weight is 532 g/mol. The molecule has 0 bridgehead atoms. The van der Waals surface area contributed by atoms with Gasteiger partial charge in [0.1, 0.15) is 6.04 Å². The lowest BCUT2D eigenvalue weighted by Gasteiger charge is -2.30. The van der Waals surface area contributed by atoms with Crippen LogP contribution in [-0.2, 0) is 17.9 Å². The summed E-state index contributed by atoms with van der Waals surface area (Å²) in [6.07, 6.45) is 0.465. The van der Waals surface area contributed by atoms with Crippen molar-refractivity contribution in [1.82, 2.24) is 30.6 Å². The first-order chi connectivity index (χ1) is 17.8. The number of carbonyl (C=O) groups is 3. The third-order valence-electron chi connectivity index (χ3n) is 6.64. The summed E-state index contributed by atoms with van der Waals surface area (Å²) in [6.45, 7) is 5.67. The third kappa shape index (κ3) is 6.14. The van der Waals surface area contributed by atoms with Gasteiger partial charge in [0.25, 0.3) is 5.91 Å². The first-order valence-electron chi connectivity index (χ1n) is 12.4. The summed E-state index contributed by atoms with van der Waals surface area (Å²) in [6, 6.07) is 6.24. The summed E-state index contributed by atoms with van der Waals surface area (Å²) in [4.78, 5) is 41.4. The van der Waals surface area contributed by atoms with E-state index in [1.807, 2.05) is 12.1 Å². The van der Waals surface area contributed by atoms with Gasteiger partial charge in [-0.25, -0.2) is 8.78 Å². The fourth-order valence-electron chi connectivity index (χ4n) is 4.53. The Morgan fingerprint density at radius 2 is 1.89 bits per heavy atom. The van der Waals surface area contributed by atoms with Crippen LogP contribution >= 0.6 is 0 Å². The van der Waals surface area contributed by atoms with Crippen molar-refractivity contribution in [1.29, 1.82) is 0 Å². The summed E-state index contributed by atoms with van der Waals surface area (Å²) >= 11 is 0. The molecule has 13 heteroatoms. The van der Waals surface area contributed by atoms with Gasteiger partial charge in [0.2, 0.25) is 11.8 Å². The second-order valence-electron chi connectivity index (χ2n) is 10.7. The molecule has 1 atom stereocenters. The van der Waals surface area contributed by atoms with Crippen LogP contribution in [0.15, 0.2) is 28.8 Å². The Kier molecular flexibility index (Phi) is 7.47. The highest BCUT2D eigenvalue weighted by Crippen LogP contribution is 2.37. The lowest BCUT2D eigenvalue weighted by atomic mass is 9.86. The largest absolute Gasteiger partial charge is 0.361 e. The number of nitrogens with one attached hydrogen (secondary N) is 2. The Morgan fingerprint density at radius 1 is 1.21 bits per heavy atom. The summed E-state index contributed by atoms with van der Waals surface area (Å²) in [5.41, 5.74) is 5.28. The summed E-state index contributed by atoms with van der Waals surface area (Å²) in [5, 5.41) is 14.2. The number of rotatable bonds is 8. The maximum Gasteiger partial charge on any atom is 0.315 e. The van der Waals surface area contributed by atoms with Gasteiger partial charge in [-0.2, -0.15) is 10.1 Å². The molecule has 2 aromatic heterocycles. The number of amides is 3. The molecule has 3 aromatic rings. The van der Waals surface area contributed by atoms with Crippen molar-refractivity contribution < 1.29 is 27.7 Å². The summed E-state index contributed by atoms with van der Waals surface area (Å²) in [5.74, 6) is -4.84. The van der Waals surface area contributed by atoms with E-state index in [0.29, 0.717) is 30.3 Å². The molecule has 1 saturated carbocycles. The van der Waals surface area contributed by atoms with Gasteiger partial charge in [0, 0.05) is 24.8 Å². The fraction of sp³-hybridized carbons (Fsp3) is 0.520. The molecule has 1 aliphatic carbocycles. The molecule has 1 fully saturated rings. The van der Waals surface area contributed by atoms with Gasteiger partial charge in [-0.05, 0) is 30.2 Å². The molecule has 0 radical (unpaired) electrons. The molecule has 1 aliphatic rings. The smallest absolute Gasteiger partial charge is 0.315 e. The molecular weight excluding hydrogens is 500 g/mol. The van der Waals surface area contributed by atoms with E-state index in [-0.39, 0.29) is 42.7 Å². The van der Waals surface area contributed by atoms with Crippen LogP contribution in [0.4, 0.5) is 8.78 Å². The van der Waals surface area contributed by atoms with Crippen molar-refractivity contribution in [2.24, 2.45) is 17.1 Å². The normalized spacial score (nSPS) is 16.8. The molecule has 4 N–H and O–H groups in total. The van der Waals surface area contributed by atoms with Gasteiger partial charge in [-0.1, -0.05) is 44.1 Å². The average Bonchev–Trinajstić information content (AvgIpc) is 3.47. The van der Waals surface area contributed by atoms with Gasteiger partial charge >= 0.3 is 11.8 Å². The minimum atomic E-state index is -2.62. The quantitative estimate of drug-likeness (QED) is 0.403. The number of carbonyl (C=O) groups excluding carboxylic acids is 3. The molecule has 0 spiro atoms. The predicted octanol–water partition coefficient (Wildman–Crippen LogP) is 2.80. The van der Waals surface area contributed by atoms with Crippen molar-refractivity contribution >= 4 is 28.6 Å². The molecule has 0 aliphatic heterocycles. The number of fused-ring (bicyclic) bond motifs is 1. The van der Waals surface area contributed by atoms with Crippen LogP contribution in [0.1, 0.15) is 73.5 Å². The SMILES string of the molecule is CC(C)(C)[C@H](NC(=O)c1nn(CC2CCC(F)(F)CC2)c2ccccc12)C(=O)NCc1noc(C(N)=O)n1. The van der Waals surface area contributed by atoms with Crippen LogP contribution < -0.4 is 16.4 Å². The molecule has 38 heavy (non-hydrogen) atoms. The van der Waals surface area contributed by atoms with Crippen LogP contribution in [-0.4, -0.2) is 49.6 Å². The van der Waals surface area contributed by atoms with Gasteiger partial charge in [-0.3, -0.25) is 19.1 Å². The Bertz CT molecular complexity index is 1330. The predicted molar refractivity (Wildman–Crippen MR) is 132 cm³/mol. The maximum atomic E-state index is 13.6. The standard InChI is InChI=1S/C25H31F2N7O4/c1-24(2,3)19(22(37)29-12-17-30-23(20(28)35)38-33-17)31-21(36)18-15-6-4-5-7-16(15)34(32-18)13-14-8-10-25(26,27)11-9-14/h4-7,14,19H,8-13H2,1-3H3,(H2,28,35)(H,29,37)(H,31,36)/t19-/m1/s1. The summed E-state index contributed by atoms with van der Waals surface area (Å²) < 4.78 is 33.6. The molecule has 4 rings (SSSR count). The van der Waals surface area contributed by atoms with Crippen LogP contribution in [0.25, 0.3) is 10.9 Å². The number of nitrogens with zero attached hydrogens (tertiary/aromatic N) is 4. The van der Waals surface area contributed by atoms with Crippen molar-refractivity contribution in [3.05, 3.63) is 41.7 Å². The van der Waals surface area contributed by atoms with Crippen LogP contribution in [0.3, 0.4) is 0 Å². The van der Waals surface area contributed by atoms with Gasteiger partial charge in [0.15, 0.2) is 11.5 Å². The van der Waals surface area contributed by atoms with Gasteiger partial charge < -0.3 is 20.9 Å². The van der Waals surface area contributed by atoms with E-state index in [9.17, 15) is 23.2 Å². The Hall–Kier alpha value is -3.90. The van der Waals surface area contributed by atoms with E-state index < -0.39 is 35.1 Å². The fourth-order valence-corrected chi connectivity index (χ4v) is 4.53. The van der Waals surface area contributed by atoms with Crippen molar-refractivity contribution in [3.8, 4) is 0 Å². The lowest BCUT2D eigenvalue weighted by Crippen LogP contribution is -2.53. The topological polar surface area (TPSA) is 158 Å². The number of primary amides is 1. The number of aromatic nitrogens is 4. The van der Waals surface area contributed by atoms with E-state index in [1.54, 1.807) is 37.6 Å². The third-order valence-corrected chi connectivity index (χ3v) is 6.64. The second-order valence-corrected chi connectivity index (χ2v) is 10.7. The molecular formula is C25H31F2N7O4. The van der Waals surface area contributed by atoms with Gasteiger partial charge in [-0.15, -0.1) is 0 Å². The van der Waals surface area contributed by atoms with E-state index in [0.717, 1.165) is 0 Å². The zero-order valence-corrected chi connectivity index (χ0v) is 21.5. The zero-order valence-electron chi connectivity index (χ0n) is 21.5. The number of hydrogen-bond donors (Lipinski definition) is 3. The van der Waals surface area contributed by atoms with E-state index in [4.69, 9.17) is 10.3 Å². The zero-order chi connectivity index (χ0) is 27.7. The number of halogens is 2. The molecule has 1 aromatic carbocycles. The second kappa shape index (κ2) is 10.5. The van der Waals surface area contributed by atoms with E-state index in [1.165, 1.54) is 0 Å². The first-order valence-corrected chi connectivity index (χ1v) is 12.4. The van der Waals surface area contributed by atoms with Gasteiger partial charge in [0.05, 0.1) is 12.1 Å². The first kappa shape index (κ1) is 27.1. The van der Waals surface area contributed by atoms with Crippen molar-refractivity contribution in [2.75, 3.05) is 0 Å². The van der Waals surface area contributed by atoms with Crippen LogP contribution in [0.5, 0.6) is 0 Å². The number of hydrogen-bond acceptors (Lipinski definition) is 7. The Morgan fingerprint density at radius 3 is 2.53 bits per heavy atom. The minimum Gasteiger partial charge on any atom is -0.361 e. The highest BCUT2D eigenvalue weighted by atomic mass is 19.3. The molecule has 11 nitrogen and oxygen atoms in total. The number of alkyl halides is 2. The van der Waals surface area contributed by atoms with Crippen molar-refractivity contribution in [2.45, 2.75) is 71.5 Å². The molecule has 0 unspecified atom stereocenters. The van der Waals surface area contributed by atoms with Crippen LogP contribution in [0, 0.1) is 11.3 Å². The highest BCUT2D eigenvalue weighted by molar-refractivity contribution is 6.06. The number of nitrogens with two attached hydrogens (primary N) is 1. The minimum absolute atomic E-state index is 0.0298. The van der Waals surface area contributed by atoms with E-state index in [2.05, 4.69) is 25.9 Å².